The highest BCUT2D eigenvalue weighted by Crippen LogP contribution is 2.27. The summed E-state index contributed by atoms with van der Waals surface area (Å²) in [6, 6.07) is 11.3. The van der Waals surface area contributed by atoms with Crippen LogP contribution in [0, 0.1) is 6.92 Å². The van der Waals surface area contributed by atoms with Crippen molar-refractivity contribution in [3.05, 3.63) is 76.2 Å². The number of fused-ring (bicyclic) bond motifs is 1. The van der Waals surface area contributed by atoms with E-state index in [1.165, 1.54) is 7.11 Å². The van der Waals surface area contributed by atoms with Gasteiger partial charge in [0.25, 0.3) is 0 Å². The zero-order chi connectivity index (χ0) is 20.3. The topological polar surface area (TPSA) is 75.0 Å². The molecule has 0 unspecified atom stereocenters. The van der Waals surface area contributed by atoms with Crippen molar-refractivity contribution in [2.24, 2.45) is 0 Å². The molecule has 3 aromatic rings. The molecule has 6 nitrogen and oxygen atoms in total. The fourth-order valence-electron chi connectivity index (χ4n) is 2.58. The van der Waals surface area contributed by atoms with Crippen LogP contribution in [0.3, 0.4) is 0 Å². The maximum atomic E-state index is 12.8. The van der Waals surface area contributed by atoms with Gasteiger partial charge in [-0.1, -0.05) is 6.58 Å². The van der Waals surface area contributed by atoms with E-state index in [1.54, 1.807) is 49.4 Å². The molecule has 0 fully saturated rings. The number of carbonyl (C=O) groups excluding carboxylic acids is 1. The van der Waals surface area contributed by atoms with Crippen LogP contribution in [-0.2, 0) is 4.74 Å². The van der Waals surface area contributed by atoms with Crippen molar-refractivity contribution in [3.8, 4) is 17.2 Å². The Morgan fingerprint density at radius 1 is 1.11 bits per heavy atom. The van der Waals surface area contributed by atoms with E-state index in [1.807, 2.05) is 6.92 Å². The van der Waals surface area contributed by atoms with Gasteiger partial charge < -0.3 is 18.6 Å². The largest absolute Gasteiger partial charge is 0.489 e. The van der Waals surface area contributed by atoms with Crippen LogP contribution in [0.2, 0.25) is 0 Å². The molecule has 0 saturated carbocycles. The lowest BCUT2D eigenvalue weighted by Gasteiger charge is -2.10. The predicted octanol–water partition coefficient (Wildman–Crippen LogP) is 4.64. The lowest BCUT2D eigenvalue weighted by Crippen LogP contribution is -2.08. The first-order chi connectivity index (χ1) is 13.4. The van der Waals surface area contributed by atoms with Crippen molar-refractivity contribution >= 4 is 16.9 Å². The average molecular weight is 380 g/mol. The molecule has 0 bridgehead atoms. The second-order valence-electron chi connectivity index (χ2n) is 6.34. The first-order valence-electron chi connectivity index (χ1n) is 8.60. The summed E-state index contributed by atoms with van der Waals surface area (Å²) in [5.74, 6) is 0.979. The maximum Gasteiger partial charge on any atom is 0.337 e. The van der Waals surface area contributed by atoms with Gasteiger partial charge in [0.1, 0.15) is 29.4 Å². The van der Waals surface area contributed by atoms with Gasteiger partial charge >= 0.3 is 5.97 Å². The van der Waals surface area contributed by atoms with E-state index in [0.29, 0.717) is 40.4 Å². The summed E-state index contributed by atoms with van der Waals surface area (Å²) in [5, 5.41) is 0.384. The van der Waals surface area contributed by atoms with Gasteiger partial charge in [0.05, 0.1) is 18.1 Å². The van der Waals surface area contributed by atoms with E-state index in [4.69, 9.17) is 13.9 Å². The minimum Gasteiger partial charge on any atom is -0.489 e. The van der Waals surface area contributed by atoms with Crippen LogP contribution in [0.1, 0.15) is 23.0 Å². The van der Waals surface area contributed by atoms with Crippen LogP contribution in [0.15, 0.2) is 63.8 Å². The molecule has 0 aliphatic carbocycles. The Morgan fingerprint density at radius 2 is 1.79 bits per heavy atom. The van der Waals surface area contributed by atoms with Gasteiger partial charge in [-0.05, 0) is 55.8 Å². The number of hydrogen-bond donors (Lipinski definition) is 0. The maximum absolute atomic E-state index is 12.8. The molecule has 0 saturated heterocycles. The molecular weight excluding hydrogens is 360 g/mol. The van der Waals surface area contributed by atoms with E-state index < -0.39 is 5.97 Å². The molecule has 28 heavy (non-hydrogen) atoms. The Bertz CT molecular complexity index is 1090. The molecule has 6 heteroatoms. The Kier molecular flexibility index (Phi) is 5.49. The zero-order valence-corrected chi connectivity index (χ0v) is 15.9. The summed E-state index contributed by atoms with van der Waals surface area (Å²) >= 11 is 0. The summed E-state index contributed by atoms with van der Waals surface area (Å²) in [7, 11) is 1.31. The predicted molar refractivity (Wildman–Crippen MR) is 105 cm³/mol. The Morgan fingerprint density at radius 3 is 2.43 bits per heavy atom. The minimum absolute atomic E-state index is 0.0916. The number of methoxy groups -OCH3 is 1. The normalized spacial score (nSPS) is 10.5. The Labute approximate surface area is 162 Å². The van der Waals surface area contributed by atoms with Crippen molar-refractivity contribution in [2.45, 2.75) is 13.8 Å². The smallest absolute Gasteiger partial charge is 0.337 e. The lowest BCUT2D eigenvalue weighted by atomic mass is 10.2. The van der Waals surface area contributed by atoms with Crippen LogP contribution in [0.4, 0.5) is 0 Å². The van der Waals surface area contributed by atoms with E-state index in [2.05, 4.69) is 11.3 Å². The molecule has 0 atom stereocenters. The number of esters is 1. The van der Waals surface area contributed by atoms with Crippen molar-refractivity contribution in [3.63, 3.8) is 0 Å². The van der Waals surface area contributed by atoms with Gasteiger partial charge in [-0.3, -0.25) is 4.79 Å². The molecule has 1 aromatic heterocycles. The fraction of sp³-hybridized carbons (Fsp3) is 0.182. The second kappa shape index (κ2) is 8.00. The molecule has 0 spiro atoms. The summed E-state index contributed by atoms with van der Waals surface area (Å²) in [5.41, 5.74) is 1.40. The molecule has 2 aromatic carbocycles. The van der Waals surface area contributed by atoms with Gasteiger partial charge in [-0.25, -0.2) is 4.79 Å². The van der Waals surface area contributed by atoms with Crippen molar-refractivity contribution in [1.82, 2.24) is 0 Å². The van der Waals surface area contributed by atoms with Crippen LogP contribution in [-0.4, -0.2) is 19.7 Å². The number of benzene rings is 2. The molecule has 144 valence electrons. The van der Waals surface area contributed by atoms with Crippen LogP contribution >= 0.6 is 0 Å². The van der Waals surface area contributed by atoms with Gasteiger partial charge in [-0.2, -0.15) is 0 Å². The Hall–Kier alpha value is -3.54. The second-order valence-corrected chi connectivity index (χ2v) is 6.34. The molecule has 1 heterocycles. The zero-order valence-electron chi connectivity index (χ0n) is 15.9. The fourth-order valence-corrected chi connectivity index (χ4v) is 2.58. The average Bonchev–Trinajstić information content (AvgIpc) is 2.69. The highest BCUT2D eigenvalue weighted by Gasteiger charge is 2.15. The molecule has 3 rings (SSSR count). The van der Waals surface area contributed by atoms with Gasteiger partial charge in [-0.15, -0.1) is 0 Å². The van der Waals surface area contributed by atoms with E-state index in [9.17, 15) is 9.59 Å². The third-order valence-electron chi connectivity index (χ3n) is 3.97. The molecular formula is C22H20O6. The highest BCUT2D eigenvalue weighted by molar-refractivity contribution is 5.89. The monoisotopic (exact) mass is 380 g/mol. The number of rotatable bonds is 6. The van der Waals surface area contributed by atoms with Crippen LogP contribution in [0.25, 0.3) is 11.0 Å². The minimum atomic E-state index is -0.447. The summed E-state index contributed by atoms with van der Waals surface area (Å²) < 4.78 is 21.7. The van der Waals surface area contributed by atoms with Crippen molar-refractivity contribution in [1.29, 1.82) is 0 Å². The van der Waals surface area contributed by atoms with E-state index in [0.717, 1.165) is 5.57 Å². The highest BCUT2D eigenvalue weighted by atomic mass is 16.5. The molecule has 0 N–H and O–H groups in total. The molecule has 0 aliphatic rings. The Balaban J connectivity index is 1.91. The first-order valence-corrected chi connectivity index (χ1v) is 8.60. The summed E-state index contributed by atoms with van der Waals surface area (Å²) in [4.78, 5) is 24.3. The van der Waals surface area contributed by atoms with Gasteiger partial charge in [0, 0.05) is 6.07 Å². The number of ether oxygens (including phenoxy) is 3. The van der Waals surface area contributed by atoms with Gasteiger partial charge in [0.2, 0.25) is 11.2 Å². The van der Waals surface area contributed by atoms with Crippen molar-refractivity contribution in [2.75, 3.05) is 13.7 Å². The number of hydrogen-bond acceptors (Lipinski definition) is 6. The van der Waals surface area contributed by atoms with Gasteiger partial charge in [0.15, 0.2) is 0 Å². The van der Waals surface area contributed by atoms with E-state index >= 15 is 0 Å². The number of aryl methyl sites for hydroxylation is 1. The first kappa shape index (κ1) is 19.2. The molecule has 0 amide bonds. The molecule has 0 radical (unpaired) electrons. The summed E-state index contributed by atoms with van der Waals surface area (Å²) in [6.07, 6.45) is 0. The number of carbonyl (C=O) groups is 1. The third-order valence-corrected chi connectivity index (χ3v) is 3.97. The van der Waals surface area contributed by atoms with Crippen LogP contribution < -0.4 is 14.9 Å². The SMILES string of the molecule is C=C(C)COc1ccc2c(=O)c(Oc3ccc(C(=O)OC)cc3)c(C)oc2c1. The van der Waals surface area contributed by atoms with Crippen molar-refractivity contribution < 1.29 is 23.4 Å². The standard InChI is InChI=1S/C22H20O6/c1-13(2)12-26-17-9-10-18-19(11-17)27-14(3)21(20(18)23)28-16-7-5-15(6-8-16)22(24)25-4/h5-11H,1,12H2,2-4H3. The molecule has 0 aliphatic heterocycles. The van der Waals surface area contributed by atoms with E-state index in [-0.39, 0.29) is 11.2 Å². The third kappa shape index (κ3) is 4.06. The summed E-state index contributed by atoms with van der Waals surface area (Å²) in [6.45, 7) is 7.70. The quantitative estimate of drug-likeness (QED) is 0.458. The van der Waals surface area contributed by atoms with Crippen LogP contribution in [0.5, 0.6) is 17.2 Å². The lowest BCUT2D eigenvalue weighted by molar-refractivity contribution is 0.0600.